The zero-order valence-corrected chi connectivity index (χ0v) is 18.5. The van der Waals surface area contributed by atoms with Crippen LogP contribution in [0, 0.1) is 0 Å². The molecule has 0 unspecified atom stereocenters. The fraction of sp³-hybridized carbons (Fsp3) is 0.579. The molecule has 164 valence electrons. The van der Waals surface area contributed by atoms with E-state index in [-0.39, 0.29) is 17.5 Å². The van der Waals surface area contributed by atoms with E-state index in [2.05, 4.69) is 10.2 Å². The van der Waals surface area contributed by atoms with Gasteiger partial charge in [-0.1, -0.05) is 6.92 Å². The number of hydrogen-bond acceptors (Lipinski definition) is 8. The number of hydrogen-bond donors (Lipinski definition) is 3. The predicted octanol–water partition coefficient (Wildman–Crippen LogP) is 1.22. The second-order valence-corrected chi connectivity index (χ2v) is 9.26. The van der Waals surface area contributed by atoms with E-state index in [9.17, 15) is 19.6 Å². The molecule has 1 aliphatic heterocycles. The monoisotopic (exact) mass is 437 g/mol. The molecule has 0 bridgehead atoms. The summed E-state index contributed by atoms with van der Waals surface area (Å²) in [5.41, 5.74) is -0.277. The summed E-state index contributed by atoms with van der Waals surface area (Å²) in [5, 5.41) is 22.9. The Kier molecular flexibility index (Phi) is 6.88. The number of anilines is 1. The summed E-state index contributed by atoms with van der Waals surface area (Å²) in [6.45, 7) is 9.80. The molecular weight excluding hydrogens is 409 g/mol. The molecule has 2 aromatic heterocycles. The lowest BCUT2D eigenvalue weighted by molar-refractivity contribution is -0.123. The number of fused-ring (bicyclic) bond motifs is 1. The minimum atomic E-state index is -1.83. The lowest BCUT2D eigenvalue weighted by Crippen LogP contribution is -2.48. The molecule has 0 radical (unpaired) electrons. The van der Waals surface area contributed by atoms with Gasteiger partial charge in [0.1, 0.15) is 5.60 Å². The first kappa shape index (κ1) is 22.8. The van der Waals surface area contributed by atoms with Crippen molar-refractivity contribution in [2.45, 2.75) is 45.8 Å². The number of carbonyl (C=O) groups is 2. The molecule has 2 aromatic rings. The molecule has 1 fully saturated rings. The van der Waals surface area contributed by atoms with Crippen molar-refractivity contribution in [2.24, 2.45) is 0 Å². The molecule has 3 N–H and O–H groups in total. The second kappa shape index (κ2) is 9.07. The summed E-state index contributed by atoms with van der Waals surface area (Å²) in [4.78, 5) is 27.6. The highest BCUT2D eigenvalue weighted by atomic mass is 32.1. The third kappa shape index (κ3) is 5.04. The third-order valence-electron chi connectivity index (χ3n) is 4.78. The van der Waals surface area contributed by atoms with Gasteiger partial charge in [0.15, 0.2) is 0 Å². The van der Waals surface area contributed by atoms with Crippen LogP contribution in [0.5, 0.6) is 0 Å². The van der Waals surface area contributed by atoms with E-state index >= 15 is 0 Å². The van der Waals surface area contributed by atoms with Gasteiger partial charge in [0.05, 0.1) is 40.1 Å². The molecule has 30 heavy (non-hydrogen) atoms. The van der Waals surface area contributed by atoms with Gasteiger partial charge in [-0.05, 0) is 39.3 Å². The van der Waals surface area contributed by atoms with Gasteiger partial charge >= 0.3 is 13.2 Å². The molecule has 1 aliphatic rings. The molecule has 0 spiro atoms. The first-order valence-corrected chi connectivity index (χ1v) is 10.8. The number of nitrogens with zero attached hydrogens (tertiary/aromatic N) is 2. The summed E-state index contributed by atoms with van der Waals surface area (Å²) < 4.78 is 12.5. The first-order chi connectivity index (χ1) is 14.1. The standard InChI is InChI=1S/C19H28BN3O6S/c1-5-12(22-6-8-28-9-7-22)17(24)21-16-10-13-14(30-16)11-15(20(26)27)23(13)18(25)29-19(2,3)4/h10-12,26-27H,5-9H2,1-4H3,(H,21,24)/t12-/m0/s1. The minimum Gasteiger partial charge on any atom is -0.443 e. The van der Waals surface area contributed by atoms with Crippen molar-refractivity contribution in [3.8, 4) is 0 Å². The van der Waals surface area contributed by atoms with Gasteiger partial charge in [-0.25, -0.2) is 4.79 Å². The largest absolute Gasteiger partial charge is 0.506 e. The van der Waals surface area contributed by atoms with Crippen molar-refractivity contribution in [3.05, 3.63) is 12.1 Å². The van der Waals surface area contributed by atoms with Crippen molar-refractivity contribution < 1.29 is 29.1 Å². The maximum Gasteiger partial charge on any atom is 0.506 e. The van der Waals surface area contributed by atoms with E-state index in [1.165, 1.54) is 17.4 Å². The Labute approximate surface area is 179 Å². The molecule has 11 heteroatoms. The minimum absolute atomic E-state index is 0.0168. The lowest BCUT2D eigenvalue weighted by atomic mass is 9.86. The highest BCUT2D eigenvalue weighted by Gasteiger charge is 2.30. The number of nitrogens with one attached hydrogen (secondary N) is 1. The van der Waals surface area contributed by atoms with Crippen molar-refractivity contribution >= 4 is 51.3 Å². The van der Waals surface area contributed by atoms with Crippen LogP contribution in [0.15, 0.2) is 12.1 Å². The first-order valence-electron chi connectivity index (χ1n) is 9.98. The zero-order chi connectivity index (χ0) is 22.1. The summed E-state index contributed by atoms with van der Waals surface area (Å²) in [7, 11) is -1.83. The predicted molar refractivity (Wildman–Crippen MR) is 116 cm³/mol. The molecule has 9 nitrogen and oxygen atoms in total. The average Bonchev–Trinajstić information content (AvgIpc) is 3.18. The van der Waals surface area contributed by atoms with Crippen LogP contribution in [0.2, 0.25) is 0 Å². The van der Waals surface area contributed by atoms with Gasteiger partial charge < -0.3 is 24.8 Å². The number of aromatic nitrogens is 1. The third-order valence-corrected chi connectivity index (χ3v) is 5.77. The molecule has 1 amide bonds. The molecule has 0 saturated carbocycles. The maximum atomic E-state index is 12.9. The Morgan fingerprint density at radius 1 is 1.30 bits per heavy atom. The second-order valence-electron chi connectivity index (χ2n) is 8.18. The van der Waals surface area contributed by atoms with Crippen molar-refractivity contribution in [2.75, 3.05) is 31.6 Å². The Hall–Kier alpha value is -1.92. The number of rotatable bonds is 5. The van der Waals surface area contributed by atoms with E-state index in [4.69, 9.17) is 9.47 Å². The van der Waals surface area contributed by atoms with Crippen molar-refractivity contribution in [1.29, 1.82) is 0 Å². The highest BCUT2D eigenvalue weighted by molar-refractivity contribution is 7.23. The molecule has 0 aromatic carbocycles. The lowest BCUT2D eigenvalue weighted by Gasteiger charge is -2.32. The molecule has 1 atom stereocenters. The number of morpholine rings is 1. The van der Waals surface area contributed by atoms with Crippen molar-refractivity contribution in [1.82, 2.24) is 9.47 Å². The van der Waals surface area contributed by atoms with Crippen LogP contribution in [0.3, 0.4) is 0 Å². The van der Waals surface area contributed by atoms with Gasteiger partial charge in [0.25, 0.3) is 0 Å². The summed E-state index contributed by atoms with van der Waals surface area (Å²) >= 11 is 1.26. The quantitative estimate of drug-likeness (QED) is 0.603. The van der Waals surface area contributed by atoms with Crippen LogP contribution in [-0.2, 0) is 14.3 Å². The smallest absolute Gasteiger partial charge is 0.443 e. The van der Waals surface area contributed by atoms with Crippen LogP contribution >= 0.6 is 11.3 Å². The maximum absolute atomic E-state index is 12.9. The summed E-state index contributed by atoms with van der Waals surface area (Å²) in [6, 6.07) is 2.90. The highest BCUT2D eigenvalue weighted by Crippen LogP contribution is 2.31. The Morgan fingerprint density at radius 2 is 1.97 bits per heavy atom. The van der Waals surface area contributed by atoms with Crippen molar-refractivity contribution in [3.63, 3.8) is 0 Å². The van der Waals surface area contributed by atoms with E-state index in [1.807, 2.05) is 6.92 Å². The van der Waals surface area contributed by atoms with E-state index in [0.717, 1.165) is 4.57 Å². The van der Waals surface area contributed by atoms with Crippen LogP contribution in [0.25, 0.3) is 10.2 Å². The summed E-state index contributed by atoms with van der Waals surface area (Å²) in [5.74, 6) is -0.116. The molecule has 3 heterocycles. The van der Waals surface area contributed by atoms with E-state index in [1.54, 1.807) is 26.8 Å². The molecule has 1 saturated heterocycles. The fourth-order valence-electron chi connectivity index (χ4n) is 3.48. The average molecular weight is 437 g/mol. The van der Waals surface area contributed by atoms with Gasteiger partial charge in [0.2, 0.25) is 5.91 Å². The number of ether oxygens (including phenoxy) is 2. The van der Waals surface area contributed by atoms with Crippen LogP contribution in [0.4, 0.5) is 9.80 Å². The van der Waals surface area contributed by atoms with Crippen LogP contribution in [0.1, 0.15) is 34.1 Å². The number of thiophene rings is 1. The molecule has 0 aliphatic carbocycles. The van der Waals surface area contributed by atoms with E-state index in [0.29, 0.717) is 47.9 Å². The SMILES string of the molecule is CC[C@@H](C(=O)Nc1cc2c(cc(B(O)O)n2C(=O)OC(C)(C)C)s1)N1CCOCC1. The molecule has 3 rings (SSSR count). The van der Waals surface area contributed by atoms with Gasteiger partial charge in [-0.15, -0.1) is 11.3 Å². The summed E-state index contributed by atoms with van der Waals surface area (Å²) in [6.07, 6.45) is -0.0436. The molecular formula is C19H28BN3O6S. The van der Waals surface area contributed by atoms with Gasteiger partial charge in [0, 0.05) is 13.1 Å². The Balaban J connectivity index is 1.86. The van der Waals surface area contributed by atoms with Gasteiger partial charge in [-0.3, -0.25) is 14.3 Å². The van der Waals surface area contributed by atoms with Crippen LogP contribution < -0.4 is 10.9 Å². The zero-order valence-electron chi connectivity index (χ0n) is 17.7. The fourth-order valence-corrected chi connectivity index (χ4v) is 4.47. The van der Waals surface area contributed by atoms with Crippen LogP contribution in [-0.4, -0.2) is 76.6 Å². The number of amides is 1. The Morgan fingerprint density at radius 3 is 2.53 bits per heavy atom. The number of carbonyl (C=O) groups excluding carboxylic acids is 2. The normalized spacial score (nSPS) is 16.5. The van der Waals surface area contributed by atoms with E-state index < -0.39 is 18.8 Å². The topological polar surface area (TPSA) is 113 Å². The Bertz CT molecular complexity index is 913. The van der Waals surface area contributed by atoms with Gasteiger partial charge in [-0.2, -0.15) is 0 Å².